The second-order valence-corrected chi connectivity index (χ2v) is 12.0. The van der Waals surface area contributed by atoms with E-state index in [-0.39, 0.29) is 19.6 Å². The number of aliphatic imine (C=N–C) groups is 1. The third-order valence-corrected chi connectivity index (χ3v) is 8.67. The van der Waals surface area contributed by atoms with Gasteiger partial charge in [0, 0.05) is 50.4 Å². The van der Waals surface area contributed by atoms with E-state index in [0.29, 0.717) is 32.7 Å². The minimum Gasteiger partial charge on any atom is -0.463 e. The zero-order chi connectivity index (χ0) is 25.4. The van der Waals surface area contributed by atoms with E-state index in [1.807, 2.05) is 22.4 Å². The fraction of sp³-hybridized carbons (Fsp3) is 0.273. The predicted molar refractivity (Wildman–Crippen MR) is 141 cm³/mol. The Hall–Kier alpha value is -2.33. The zero-order valence-electron chi connectivity index (χ0n) is 18.7. The molecule has 1 saturated heterocycles. The summed E-state index contributed by atoms with van der Waals surface area (Å²) < 4.78 is 39.6. The highest BCUT2D eigenvalue weighted by Gasteiger charge is 2.43. The van der Waals surface area contributed by atoms with E-state index in [1.54, 1.807) is 19.2 Å². The molecule has 2 atom stereocenters. The van der Waals surface area contributed by atoms with E-state index >= 15 is 0 Å². The summed E-state index contributed by atoms with van der Waals surface area (Å²) in [5.74, 6) is 0.000695. The number of halogens is 2. The number of amidine groups is 1. The fourth-order valence-corrected chi connectivity index (χ4v) is 6.88. The maximum absolute atomic E-state index is 13.3. The van der Waals surface area contributed by atoms with Crippen molar-refractivity contribution in [2.45, 2.75) is 30.7 Å². The molecule has 14 heteroatoms. The Morgan fingerprint density at radius 1 is 1.36 bits per heavy atom. The number of ether oxygens (including phenoxy) is 1. The average molecular weight is 660 g/mol. The molecule has 36 heavy (non-hydrogen) atoms. The van der Waals surface area contributed by atoms with Gasteiger partial charge in [-0.15, -0.1) is 11.3 Å². The monoisotopic (exact) mass is 659 g/mol. The number of sulfonamides is 1. The van der Waals surface area contributed by atoms with Gasteiger partial charge in [0.15, 0.2) is 10.8 Å². The summed E-state index contributed by atoms with van der Waals surface area (Å²) in [7, 11) is -4.01. The van der Waals surface area contributed by atoms with E-state index < -0.39 is 33.3 Å². The van der Waals surface area contributed by atoms with E-state index in [4.69, 9.17) is 25.7 Å². The van der Waals surface area contributed by atoms with Crippen LogP contribution in [0.4, 0.5) is 0 Å². The topological polar surface area (TPSA) is 127 Å². The van der Waals surface area contributed by atoms with Crippen LogP contribution in [0, 0.1) is 3.57 Å². The first kappa shape index (κ1) is 25.3. The van der Waals surface area contributed by atoms with Crippen LogP contribution in [0.25, 0.3) is 0 Å². The molecule has 0 radical (unpaired) electrons. The lowest BCUT2D eigenvalue weighted by atomic mass is 9.94. The molecule has 10 nitrogen and oxygen atoms in total. The third kappa shape index (κ3) is 4.81. The second-order valence-electron chi connectivity index (χ2n) is 7.87. The minimum absolute atomic E-state index is 0.173. The average Bonchev–Trinajstić information content (AvgIpc) is 3.59. The number of nitrogens with one attached hydrogen (secondary N) is 1. The number of fused-ring (bicyclic) bond motifs is 1. The van der Waals surface area contributed by atoms with E-state index in [1.165, 1.54) is 23.8 Å². The SMILES string of the molecule is CCOC(=O)C1=C2C[C@H](NS(=O)(=O)c3ncco3)CN2C(c2nccs2)=N[C@H]1c1ccc(I)cc1Cl. The highest BCUT2D eigenvalue weighted by molar-refractivity contribution is 14.1. The molecule has 0 amide bonds. The standard InChI is InChI=1S/C22H19ClIN5O5S2/c1-2-33-21(30)17-16-10-13(28-36(31,32)22-26-5-7-34-22)11-29(16)19(20-25-6-8-35-20)27-18(17)14-4-3-12(24)9-15(14)23/h3-9,13,18,28H,2,10-11H2,1H3/t13-,18-/m0/s1. The Morgan fingerprint density at radius 2 is 2.19 bits per heavy atom. The van der Waals surface area contributed by atoms with Crippen LogP contribution in [-0.2, 0) is 19.6 Å². The first-order chi connectivity index (χ1) is 17.3. The van der Waals surface area contributed by atoms with Crippen molar-refractivity contribution in [3.63, 3.8) is 0 Å². The molecule has 0 bridgehead atoms. The van der Waals surface area contributed by atoms with Gasteiger partial charge in [0.2, 0.25) is 0 Å². The molecule has 0 saturated carbocycles. The maximum atomic E-state index is 13.3. The van der Waals surface area contributed by atoms with Crippen molar-refractivity contribution in [1.29, 1.82) is 0 Å². The van der Waals surface area contributed by atoms with Crippen LogP contribution in [0.15, 0.2) is 68.1 Å². The molecule has 0 spiro atoms. The molecular weight excluding hydrogens is 641 g/mol. The molecule has 1 aromatic carbocycles. The molecule has 2 aromatic heterocycles. The van der Waals surface area contributed by atoms with Crippen LogP contribution in [-0.4, -0.2) is 54.3 Å². The number of nitrogens with zero attached hydrogens (tertiary/aromatic N) is 4. The maximum Gasteiger partial charge on any atom is 0.338 e. The third-order valence-electron chi connectivity index (χ3n) is 5.60. The van der Waals surface area contributed by atoms with Gasteiger partial charge in [-0.2, -0.15) is 0 Å². The lowest BCUT2D eigenvalue weighted by Crippen LogP contribution is -2.39. The molecule has 188 valence electrons. The molecule has 1 N–H and O–H groups in total. The number of esters is 1. The number of hydrogen-bond donors (Lipinski definition) is 1. The van der Waals surface area contributed by atoms with Crippen molar-refractivity contribution in [3.8, 4) is 0 Å². The number of carbonyl (C=O) groups excluding carboxylic acids is 1. The summed E-state index contributed by atoms with van der Waals surface area (Å²) in [4.78, 5) is 28.2. The van der Waals surface area contributed by atoms with Crippen molar-refractivity contribution in [2.24, 2.45) is 4.99 Å². The Bertz CT molecular complexity index is 1460. The first-order valence-corrected chi connectivity index (χ1v) is 14.6. The van der Waals surface area contributed by atoms with Crippen LogP contribution >= 0.6 is 45.5 Å². The number of carbonyl (C=O) groups is 1. The molecule has 2 aliphatic rings. The number of rotatable bonds is 7. The van der Waals surface area contributed by atoms with Crippen molar-refractivity contribution in [1.82, 2.24) is 19.6 Å². The number of benzene rings is 1. The molecule has 2 aliphatic heterocycles. The Balaban J connectivity index is 1.62. The largest absolute Gasteiger partial charge is 0.463 e. The molecule has 0 aliphatic carbocycles. The van der Waals surface area contributed by atoms with Crippen LogP contribution < -0.4 is 4.72 Å². The summed E-state index contributed by atoms with van der Waals surface area (Å²) in [6, 6.07) is 4.20. The molecule has 1 fully saturated rings. The Morgan fingerprint density at radius 3 is 2.86 bits per heavy atom. The van der Waals surface area contributed by atoms with Gasteiger partial charge in [-0.1, -0.05) is 17.7 Å². The summed E-state index contributed by atoms with van der Waals surface area (Å²) in [5.41, 5.74) is 1.57. The normalized spacial score (nSPS) is 19.9. The highest BCUT2D eigenvalue weighted by Crippen LogP contribution is 2.43. The van der Waals surface area contributed by atoms with E-state index in [2.05, 4.69) is 37.3 Å². The lowest BCUT2D eigenvalue weighted by molar-refractivity contribution is -0.139. The van der Waals surface area contributed by atoms with Crippen molar-refractivity contribution < 1.29 is 22.4 Å². The number of aromatic nitrogens is 2. The predicted octanol–water partition coefficient (Wildman–Crippen LogP) is 3.76. The second kappa shape index (κ2) is 10.2. The van der Waals surface area contributed by atoms with Gasteiger partial charge in [0.25, 0.3) is 10.0 Å². The summed E-state index contributed by atoms with van der Waals surface area (Å²) in [6.07, 6.45) is 4.34. The molecular formula is C22H19ClIN5O5S2. The summed E-state index contributed by atoms with van der Waals surface area (Å²) in [5, 5.41) is 2.50. The molecule has 3 aromatic rings. The van der Waals surface area contributed by atoms with Gasteiger partial charge in [0.05, 0.1) is 18.4 Å². The molecule has 4 heterocycles. The number of thiazole rings is 1. The Kier molecular flexibility index (Phi) is 7.18. The van der Waals surface area contributed by atoms with Crippen molar-refractivity contribution in [2.75, 3.05) is 13.2 Å². The van der Waals surface area contributed by atoms with Gasteiger partial charge in [-0.3, -0.25) is 4.99 Å². The van der Waals surface area contributed by atoms with Crippen LogP contribution in [0.5, 0.6) is 0 Å². The quantitative estimate of drug-likeness (QED) is 0.300. The summed E-state index contributed by atoms with van der Waals surface area (Å²) >= 11 is 10.2. The minimum atomic E-state index is -4.01. The number of oxazole rings is 1. The van der Waals surface area contributed by atoms with E-state index in [9.17, 15) is 13.2 Å². The van der Waals surface area contributed by atoms with Crippen molar-refractivity contribution >= 4 is 67.4 Å². The van der Waals surface area contributed by atoms with Gasteiger partial charge in [-0.05, 0) is 41.6 Å². The fourth-order valence-electron chi connectivity index (χ4n) is 4.21. The summed E-state index contributed by atoms with van der Waals surface area (Å²) in [6.45, 7) is 2.12. The van der Waals surface area contributed by atoms with Gasteiger partial charge >= 0.3 is 11.2 Å². The van der Waals surface area contributed by atoms with Gasteiger partial charge in [-0.25, -0.2) is 27.9 Å². The highest BCUT2D eigenvalue weighted by atomic mass is 127. The lowest BCUT2D eigenvalue weighted by Gasteiger charge is -2.31. The van der Waals surface area contributed by atoms with Crippen LogP contribution in [0.3, 0.4) is 0 Å². The molecule has 5 rings (SSSR count). The van der Waals surface area contributed by atoms with Gasteiger partial charge < -0.3 is 14.1 Å². The number of hydrogen-bond acceptors (Lipinski definition) is 10. The zero-order valence-corrected chi connectivity index (χ0v) is 23.3. The van der Waals surface area contributed by atoms with E-state index in [0.717, 1.165) is 3.57 Å². The van der Waals surface area contributed by atoms with Crippen molar-refractivity contribution in [3.05, 3.63) is 72.7 Å². The van der Waals surface area contributed by atoms with Crippen LogP contribution in [0.2, 0.25) is 5.02 Å². The first-order valence-electron chi connectivity index (χ1n) is 10.8. The van der Waals surface area contributed by atoms with Crippen LogP contribution in [0.1, 0.15) is 30.0 Å². The van der Waals surface area contributed by atoms with Gasteiger partial charge in [0.1, 0.15) is 12.3 Å². The molecule has 0 unspecified atom stereocenters. The smallest absolute Gasteiger partial charge is 0.338 e. The Labute approximate surface area is 229 Å².